The molecule has 1 unspecified atom stereocenters. The molecule has 0 radical (unpaired) electrons. The third-order valence-corrected chi connectivity index (χ3v) is 3.96. The van der Waals surface area contributed by atoms with Crippen molar-refractivity contribution in [3.63, 3.8) is 0 Å². The van der Waals surface area contributed by atoms with Crippen LogP contribution in [-0.4, -0.2) is 18.6 Å². The highest BCUT2D eigenvalue weighted by Crippen LogP contribution is 2.13. The van der Waals surface area contributed by atoms with Gasteiger partial charge in [-0.2, -0.15) is 0 Å². The van der Waals surface area contributed by atoms with Gasteiger partial charge in [0, 0.05) is 0 Å². The normalized spacial score (nSPS) is 12.3. The van der Waals surface area contributed by atoms with E-state index in [0.29, 0.717) is 0 Å². The number of rotatable bonds is 15. The summed E-state index contributed by atoms with van der Waals surface area (Å²) in [6, 6.07) is 0. The molecule has 0 fully saturated rings. The molecule has 1 atom stereocenters. The van der Waals surface area contributed by atoms with Crippen molar-refractivity contribution in [2.75, 3.05) is 6.54 Å². The van der Waals surface area contributed by atoms with E-state index < -0.39 is 0 Å². The van der Waals surface area contributed by atoms with Gasteiger partial charge in [0.15, 0.2) is 0 Å². The van der Waals surface area contributed by atoms with Crippen molar-refractivity contribution in [1.82, 2.24) is 0 Å². The SMILES string of the molecule is CCCCCCCCCCCCCCC(C)OC(=O)CN. The second kappa shape index (κ2) is 15.8. The average molecular weight is 299 g/mol. The first-order valence-electron chi connectivity index (χ1n) is 9.10. The number of hydrogen-bond acceptors (Lipinski definition) is 3. The lowest BCUT2D eigenvalue weighted by atomic mass is 10.0. The Balaban J connectivity index is 3.13. The third-order valence-electron chi connectivity index (χ3n) is 3.96. The zero-order valence-corrected chi connectivity index (χ0v) is 14.4. The molecule has 126 valence electrons. The molecule has 0 aliphatic carbocycles. The van der Waals surface area contributed by atoms with E-state index in [0.717, 1.165) is 12.8 Å². The topological polar surface area (TPSA) is 52.3 Å². The van der Waals surface area contributed by atoms with Crippen molar-refractivity contribution in [3.05, 3.63) is 0 Å². The summed E-state index contributed by atoms with van der Waals surface area (Å²) in [5, 5.41) is 0. The Kier molecular flexibility index (Phi) is 15.4. The Bertz CT molecular complexity index is 231. The Morgan fingerprint density at radius 2 is 1.29 bits per heavy atom. The van der Waals surface area contributed by atoms with E-state index in [2.05, 4.69) is 6.92 Å². The summed E-state index contributed by atoms with van der Waals surface area (Å²) in [6.07, 6.45) is 17.2. The standard InChI is InChI=1S/C18H37NO2/c1-3-4-5-6-7-8-9-10-11-12-13-14-15-17(2)21-18(20)16-19/h17H,3-16,19H2,1-2H3. The van der Waals surface area contributed by atoms with Gasteiger partial charge in [-0.15, -0.1) is 0 Å². The van der Waals surface area contributed by atoms with E-state index >= 15 is 0 Å². The Morgan fingerprint density at radius 3 is 1.71 bits per heavy atom. The van der Waals surface area contributed by atoms with Crippen LogP contribution < -0.4 is 5.73 Å². The largest absolute Gasteiger partial charge is 0.462 e. The van der Waals surface area contributed by atoms with E-state index in [1.807, 2.05) is 6.92 Å². The molecule has 2 N–H and O–H groups in total. The van der Waals surface area contributed by atoms with E-state index in [1.165, 1.54) is 70.6 Å². The lowest BCUT2D eigenvalue weighted by Gasteiger charge is -2.12. The van der Waals surface area contributed by atoms with Crippen molar-refractivity contribution in [3.8, 4) is 0 Å². The van der Waals surface area contributed by atoms with Crippen LogP contribution in [-0.2, 0) is 9.53 Å². The average Bonchev–Trinajstić information content (AvgIpc) is 2.48. The zero-order valence-electron chi connectivity index (χ0n) is 14.4. The van der Waals surface area contributed by atoms with Gasteiger partial charge in [0.1, 0.15) is 0 Å². The highest BCUT2D eigenvalue weighted by Gasteiger charge is 2.06. The van der Waals surface area contributed by atoms with E-state index in [1.54, 1.807) is 0 Å². The van der Waals surface area contributed by atoms with Gasteiger partial charge in [-0.1, -0.05) is 77.6 Å². The fourth-order valence-electron chi connectivity index (χ4n) is 2.60. The molecule has 0 heterocycles. The van der Waals surface area contributed by atoms with Crippen molar-refractivity contribution in [2.24, 2.45) is 5.73 Å². The summed E-state index contributed by atoms with van der Waals surface area (Å²) >= 11 is 0. The number of esters is 1. The van der Waals surface area contributed by atoms with Gasteiger partial charge in [-0.3, -0.25) is 4.79 Å². The van der Waals surface area contributed by atoms with Gasteiger partial charge in [0.2, 0.25) is 0 Å². The maximum atomic E-state index is 11.0. The second-order valence-electron chi connectivity index (χ2n) is 6.18. The lowest BCUT2D eigenvalue weighted by Crippen LogP contribution is -2.22. The van der Waals surface area contributed by atoms with Crippen LogP contribution in [0.4, 0.5) is 0 Å². The fourth-order valence-corrected chi connectivity index (χ4v) is 2.60. The first-order chi connectivity index (χ1) is 10.2. The smallest absolute Gasteiger partial charge is 0.319 e. The van der Waals surface area contributed by atoms with Crippen LogP contribution in [0.25, 0.3) is 0 Å². The molecule has 3 nitrogen and oxygen atoms in total. The number of carbonyl (C=O) groups is 1. The van der Waals surface area contributed by atoms with Gasteiger partial charge in [-0.05, 0) is 19.8 Å². The molecule has 0 aromatic heterocycles. The molecule has 21 heavy (non-hydrogen) atoms. The molecule has 0 saturated heterocycles. The monoisotopic (exact) mass is 299 g/mol. The molecule has 0 aromatic carbocycles. The molecule has 0 saturated carbocycles. The molecule has 0 bridgehead atoms. The van der Waals surface area contributed by atoms with Crippen LogP contribution in [0.15, 0.2) is 0 Å². The van der Waals surface area contributed by atoms with Crippen LogP contribution in [0.3, 0.4) is 0 Å². The molecule has 0 rings (SSSR count). The second-order valence-corrected chi connectivity index (χ2v) is 6.18. The Morgan fingerprint density at radius 1 is 0.857 bits per heavy atom. The molecule has 0 aromatic rings. The van der Waals surface area contributed by atoms with E-state index in [-0.39, 0.29) is 18.6 Å². The van der Waals surface area contributed by atoms with Gasteiger partial charge < -0.3 is 10.5 Å². The van der Waals surface area contributed by atoms with E-state index in [4.69, 9.17) is 10.5 Å². The van der Waals surface area contributed by atoms with Gasteiger partial charge in [0.25, 0.3) is 0 Å². The number of hydrogen-bond donors (Lipinski definition) is 1. The maximum absolute atomic E-state index is 11.0. The number of ether oxygens (including phenoxy) is 1. The first kappa shape index (κ1) is 20.4. The molecule has 0 spiro atoms. The Labute approximate surface area is 132 Å². The maximum Gasteiger partial charge on any atom is 0.319 e. The zero-order chi connectivity index (χ0) is 15.8. The molecular weight excluding hydrogens is 262 g/mol. The minimum absolute atomic E-state index is 0.0111. The summed E-state index contributed by atoms with van der Waals surface area (Å²) in [4.78, 5) is 11.0. The predicted octanol–water partition coefficient (Wildman–Crippen LogP) is 4.97. The summed E-state index contributed by atoms with van der Waals surface area (Å²) in [7, 11) is 0. The van der Waals surface area contributed by atoms with Crippen molar-refractivity contribution >= 4 is 5.97 Å². The molecule has 0 aliphatic heterocycles. The van der Waals surface area contributed by atoms with Gasteiger partial charge >= 0.3 is 5.97 Å². The molecule has 3 heteroatoms. The quantitative estimate of drug-likeness (QED) is 0.343. The predicted molar refractivity (Wildman–Crippen MR) is 90.3 cm³/mol. The highest BCUT2D eigenvalue weighted by molar-refractivity contribution is 5.71. The minimum Gasteiger partial charge on any atom is -0.462 e. The number of unbranched alkanes of at least 4 members (excludes halogenated alkanes) is 11. The number of nitrogens with two attached hydrogens (primary N) is 1. The van der Waals surface area contributed by atoms with Crippen molar-refractivity contribution < 1.29 is 9.53 Å². The summed E-state index contributed by atoms with van der Waals surface area (Å²) in [6.45, 7) is 4.21. The summed E-state index contributed by atoms with van der Waals surface area (Å²) < 4.78 is 5.14. The lowest BCUT2D eigenvalue weighted by molar-refractivity contribution is -0.146. The van der Waals surface area contributed by atoms with Crippen LogP contribution >= 0.6 is 0 Å². The first-order valence-corrected chi connectivity index (χ1v) is 9.10. The third kappa shape index (κ3) is 15.6. The van der Waals surface area contributed by atoms with Crippen LogP contribution in [0, 0.1) is 0 Å². The van der Waals surface area contributed by atoms with Crippen LogP contribution in [0.5, 0.6) is 0 Å². The van der Waals surface area contributed by atoms with Gasteiger partial charge in [0.05, 0.1) is 12.6 Å². The minimum atomic E-state index is -0.290. The van der Waals surface area contributed by atoms with E-state index in [9.17, 15) is 4.79 Å². The Hall–Kier alpha value is -0.570. The molecular formula is C18H37NO2. The van der Waals surface area contributed by atoms with Crippen molar-refractivity contribution in [2.45, 2.75) is 103 Å². The van der Waals surface area contributed by atoms with Crippen molar-refractivity contribution in [1.29, 1.82) is 0 Å². The van der Waals surface area contributed by atoms with Crippen LogP contribution in [0.2, 0.25) is 0 Å². The fraction of sp³-hybridized carbons (Fsp3) is 0.944. The number of carbonyl (C=O) groups excluding carboxylic acids is 1. The molecule has 0 aliphatic rings. The molecule has 0 amide bonds. The highest BCUT2D eigenvalue weighted by atomic mass is 16.5. The van der Waals surface area contributed by atoms with Gasteiger partial charge in [-0.25, -0.2) is 0 Å². The van der Waals surface area contributed by atoms with Crippen LogP contribution in [0.1, 0.15) is 97.3 Å². The summed E-state index contributed by atoms with van der Waals surface area (Å²) in [5.41, 5.74) is 5.21. The summed E-state index contributed by atoms with van der Waals surface area (Å²) in [5.74, 6) is -0.290.